The van der Waals surface area contributed by atoms with Crippen LogP contribution in [0.2, 0.25) is 0 Å². The molecule has 4 heteroatoms. The first kappa shape index (κ1) is 17.5. The summed E-state index contributed by atoms with van der Waals surface area (Å²) < 4.78 is 0. The maximum atomic E-state index is 12.6. The quantitative estimate of drug-likeness (QED) is 0.889. The normalized spacial score (nSPS) is 17.4. The van der Waals surface area contributed by atoms with Crippen LogP contribution in [0.25, 0.3) is 0 Å². The largest absolute Gasteiger partial charge is 0.354 e. The Morgan fingerprint density at radius 1 is 1.32 bits per heavy atom. The highest BCUT2D eigenvalue weighted by Gasteiger charge is 2.22. The third kappa shape index (κ3) is 4.01. The van der Waals surface area contributed by atoms with Gasteiger partial charge in [-0.25, -0.2) is 4.98 Å². The Balaban J connectivity index is 1.73. The molecule has 1 fully saturated rings. The number of benzene rings is 1. The number of piperidine rings is 1. The second-order valence-electron chi connectivity index (χ2n) is 7.02. The van der Waals surface area contributed by atoms with Crippen LogP contribution in [-0.4, -0.2) is 28.9 Å². The van der Waals surface area contributed by atoms with Crippen molar-refractivity contribution in [2.45, 2.75) is 40.0 Å². The molecule has 1 unspecified atom stereocenters. The number of likely N-dealkylation sites (tertiary alicyclic amines) is 1. The molecule has 1 aliphatic rings. The molecule has 2 aromatic rings. The fourth-order valence-corrected chi connectivity index (χ4v) is 3.48. The lowest BCUT2D eigenvalue weighted by atomic mass is 10.00. The topological polar surface area (TPSA) is 45.2 Å². The summed E-state index contributed by atoms with van der Waals surface area (Å²) in [6.45, 7) is 8.13. The average Bonchev–Trinajstić information content (AvgIpc) is 2.63. The van der Waals surface area contributed by atoms with Crippen molar-refractivity contribution in [3.8, 4) is 0 Å². The Labute approximate surface area is 150 Å². The smallest absolute Gasteiger partial charge is 0.272 e. The van der Waals surface area contributed by atoms with Gasteiger partial charge >= 0.3 is 0 Å². The number of nitrogens with zero attached hydrogens (tertiary/aromatic N) is 2. The molecule has 25 heavy (non-hydrogen) atoms. The number of anilines is 2. The number of hydrogen-bond donors (Lipinski definition) is 1. The van der Waals surface area contributed by atoms with Crippen LogP contribution in [0.5, 0.6) is 0 Å². The summed E-state index contributed by atoms with van der Waals surface area (Å²) in [6, 6.07) is 10.1. The molecule has 1 aromatic heterocycles. The number of nitrogens with one attached hydrogen (secondary N) is 1. The molecule has 1 atom stereocenters. The molecule has 132 valence electrons. The van der Waals surface area contributed by atoms with Gasteiger partial charge in [-0.3, -0.25) is 4.79 Å². The lowest BCUT2D eigenvalue weighted by molar-refractivity contribution is 0.0677. The predicted molar refractivity (Wildman–Crippen MR) is 102 cm³/mol. The number of amides is 1. The van der Waals surface area contributed by atoms with E-state index in [1.165, 1.54) is 17.5 Å². The number of carbonyl (C=O) groups is 1. The number of para-hydroxylation sites is 1. The molecular formula is C21H27N3O. The Kier molecular flexibility index (Phi) is 5.37. The molecule has 0 radical (unpaired) electrons. The number of aryl methyl sites for hydroxylation is 2. The van der Waals surface area contributed by atoms with Gasteiger partial charge in [-0.1, -0.05) is 32.0 Å². The molecule has 4 nitrogen and oxygen atoms in total. The maximum absolute atomic E-state index is 12.6. The van der Waals surface area contributed by atoms with Crippen LogP contribution in [0.3, 0.4) is 0 Å². The van der Waals surface area contributed by atoms with Crippen molar-refractivity contribution >= 4 is 17.3 Å². The number of carbonyl (C=O) groups excluding carboxylic acids is 1. The van der Waals surface area contributed by atoms with Gasteiger partial charge in [0.15, 0.2) is 0 Å². The van der Waals surface area contributed by atoms with Crippen molar-refractivity contribution in [2.75, 3.05) is 18.4 Å². The van der Waals surface area contributed by atoms with Crippen molar-refractivity contribution in [2.24, 2.45) is 5.92 Å². The lowest BCUT2D eigenvalue weighted by Gasteiger charge is -2.30. The van der Waals surface area contributed by atoms with Gasteiger partial charge in [0.25, 0.3) is 5.91 Å². The van der Waals surface area contributed by atoms with E-state index in [9.17, 15) is 4.79 Å². The molecule has 3 rings (SSSR count). The molecule has 0 bridgehead atoms. The molecule has 1 aromatic carbocycles. The van der Waals surface area contributed by atoms with Gasteiger partial charge in [-0.05, 0) is 55.4 Å². The average molecular weight is 337 g/mol. The summed E-state index contributed by atoms with van der Waals surface area (Å²) in [5, 5.41) is 3.46. The first-order chi connectivity index (χ1) is 12.1. The monoisotopic (exact) mass is 337 g/mol. The van der Waals surface area contributed by atoms with Crippen molar-refractivity contribution in [3.63, 3.8) is 0 Å². The number of hydrogen-bond acceptors (Lipinski definition) is 3. The number of pyridine rings is 1. The molecule has 1 aliphatic heterocycles. The molecule has 1 N–H and O–H groups in total. The highest BCUT2D eigenvalue weighted by Crippen LogP contribution is 2.25. The van der Waals surface area contributed by atoms with E-state index in [0.717, 1.165) is 37.3 Å². The Morgan fingerprint density at radius 3 is 2.84 bits per heavy atom. The third-order valence-corrected chi connectivity index (χ3v) is 4.94. The Morgan fingerprint density at radius 2 is 2.16 bits per heavy atom. The van der Waals surface area contributed by atoms with Gasteiger partial charge in [0, 0.05) is 18.8 Å². The minimum absolute atomic E-state index is 0.0447. The van der Waals surface area contributed by atoms with E-state index in [1.807, 2.05) is 17.0 Å². The van der Waals surface area contributed by atoms with E-state index < -0.39 is 0 Å². The third-order valence-electron chi connectivity index (χ3n) is 4.94. The summed E-state index contributed by atoms with van der Waals surface area (Å²) in [5.74, 6) is 0.621. The van der Waals surface area contributed by atoms with Crippen LogP contribution < -0.4 is 5.32 Å². The summed E-state index contributed by atoms with van der Waals surface area (Å²) in [6.07, 6.45) is 5.02. The van der Waals surface area contributed by atoms with Crippen LogP contribution in [-0.2, 0) is 6.42 Å². The molecule has 0 spiro atoms. The standard InChI is InChI=1S/C21H27N3O/c1-4-17-9-5-8-16(3)20(17)23-18-10-11-19(22-13-18)21(25)24-12-6-7-15(2)14-24/h5,8-11,13,15,23H,4,6-7,12,14H2,1-3H3. The molecule has 1 amide bonds. The van der Waals surface area contributed by atoms with E-state index in [0.29, 0.717) is 11.6 Å². The highest BCUT2D eigenvalue weighted by molar-refractivity contribution is 5.92. The van der Waals surface area contributed by atoms with Gasteiger partial charge in [-0.2, -0.15) is 0 Å². The van der Waals surface area contributed by atoms with Gasteiger partial charge in [-0.15, -0.1) is 0 Å². The minimum Gasteiger partial charge on any atom is -0.354 e. The Hall–Kier alpha value is -2.36. The molecular weight excluding hydrogens is 310 g/mol. The van der Waals surface area contributed by atoms with E-state index >= 15 is 0 Å². The molecule has 0 saturated carbocycles. The summed E-state index contributed by atoms with van der Waals surface area (Å²) >= 11 is 0. The summed E-state index contributed by atoms with van der Waals surface area (Å²) in [5.41, 5.74) is 5.06. The van der Waals surface area contributed by atoms with Crippen LogP contribution in [0.15, 0.2) is 36.5 Å². The van der Waals surface area contributed by atoms with Crippen LogP contribution in [0.4, 0.5) is 11.4 Å². The van der Waals surface area contributed by atoms with E-state index in [1.54, 1.807) is 6.20 Å². The second-order valence-corrected chi connectivity index (χ2v) is 7.02. The molecule has 0 aliphatic carbocycles. The SMILES string of the molecule is CCc1cccc(C)c1Nc1ccc(C(=O)N2CCCC(C)C2)nc1. The van der Waals surface area contributed by atoms with Gasteiger partial charge < -0.3 is 10.2 Å². The number of aromatic nitrogens is 1. The maximum Gasteiger partial charge on any atom is 0.272 e. The summed E-state index contributed by atoms with van der Waals surface area (Å²) in [7, 11) is 0. The van der Waals surface area contributed by atoms with Crippen LogP contribution in [0.1, 0.15) is 48.3 Å². The van der Waals surface area contributed by atoms with Crippen molar-refractivity contribution in [3.05, 3.63) is 53.3 Å². The fraction of sp³-hybridized carbons (Fsp3) is 0.429. The van der Waals surface area contributed by atoms with Gasteiger partial charge in [0.2, 0.25) is 0 Å². The van der Waals surface area contributed by atoms with E-state index in [-0.39, 0.29) is 5.91 Å². The number of rotatable bonds is 4. The van der Waals surface area contributed by atoms with Gasteiger partial charge in [0.05, 0.1) is 11.9 Å². The zero-order chi connectivity index (χ0) is 17.8. The summed E-state index contributed by atoms with van der Waals surface area (Å²) in [4.78, 5) is 18.9. The van der Waals surface area contributed by atoms with E-state index in [2.05, 4.69) is 49.3 Å². The molecule has 2 heterocycles. The van der Waals surface area contributed by atoms with Crippen LogP contribution >= 0.6 is 0 Å². The first-order valence-corrected chi connectivity index (χ1v) is 9.19. The fourth-order valence-electron chi connectivity index (χ4n) is 3.48. The first-order valence-electron chi connectivity index (χ1n) is 9.19. The van der Waals surface area contributed by atoms with Crippen molar-refractivity contribution in [1.82, 2.24) is 9.88 Å². The van der Waals surface area contributed by atoms with Crippen molar-refractivity contribution < 1.29 is 4.79 Å². The highest BCUT2D eigenvalue weighted by atomic mass is 16.2. The zero-order valence-electron chi connectivity index (χ0n) is 15.4. The van der Waals surface area contributed by atoms with Crippen LogP contribution in [0, 0.1) is 12.8 Å². The van der Waals surface area contributed by atoms with Gasteiger partial charge in [0.1, 0.15) is 5.69 Å². The van der Waals surface area contributed by atoms with E-state index in [4.69, 9.17) is 0 Å². The lowest BCUT2D eigenvalue weighted by Crippen LogP contribution is -2.39. The zero-order valence-corrected chi connectivity index (χ0v) is 15.4. The second kappa shape index (κ2) is 7.68. The predicted octanol–water partition coefficient (Wildman–Crippen LogP) is 4.57. The van der Waals surface area contributed by atoms with Crippen molar-refractivity contribution in [1.29, 1.82) is 0 Å². The minimum atomic E-state index is 0.0447. The Bertz CT molecular complexity index is 739. The molecule has 1 saturated heterocycles.